The molecule has 0 aliphatic heterocycles. The van der Waals surface area contributed by atoms with Gasteiger partial charge in [-0.15, -0.1) is 0 Å². The molecule has 0 spiro atoms. The van der Waals surface area contributed by atoms with Gasteiger partial charge in [0.1, 0.15) is 16.6 Å². The Morgan fingerprint density at radius 3 is 2.53 bits per heavy atom. The van der Waals surface area contributed by atoms with Crippen LogP contribution in [-0.2, 0) is 9.53 Å². The van der Waals surface area contributed by atoms with Gasteiger partial charge in [0.25, 0.3) is 0 Å². The third kappa shape index (κ3) is 2.82. The van der Waals surface area contributed by atoms with Crippen LogP contribution in [0.25, 0.3) is 0 Å². The van der Waals surface area contributed by atoms with Gasteiger partial charge in [0.2, 0.25) is 0 Å². The minimum atomic E-state index is -0.787. The summed E-state index contributed by atoms with van der Waals surface area (Å²) in [7, 11) is 1.35. The molecule has 0 unspecified atom stereocenters. The van der Waals surface area contributed by atoms with E-state index in [4.69, 9.17) is 21.6 Å². The highest BCUT2D eigenvalue weighted by Crippen LogP contribution is 2.38. The molecule has 1 rings (SSSR count). The lowest BCUT2D eigenvalue weighted by Gasteiger charge is -2.40. The smallest absolute Gasteiger partial charge is 0.313 e. The molecule has 0 aliphatic carbocycles. The van der Waals surface area contributed by atoms with Crippen molar-refractivity contribution in [3.05, 3.63) is 10.7 Å². The number of halogens is 1. The van der Waals surface area contributed by atoms with E-state index in [0.717, 1.165) is 11.5 Å². The van der Waals surface area contributed by atoms with E-state index in [1.165, 1.54) is 7.11 Å². The summed E-state index contributed by atoms with van der Waals surface area (Å²) < 4.78 is 8.74. The minimum absolute atomic E-state index is 0.168. The highest BCUT2D eigenvalue weighted by Gasteiger charge is 2.45. The lowest BCUT2D eigenvalue weighted by atomic mass is 9.74. The first kappa shape index (κ1) is 15.7. The van der Waals surface area contributed by atoms with Gasteiger partial charge in [0, 0.05) is 5.54 Å². The van der Waals surface area contributed by atoms with Crippen LogP contribution < -0.4 is 5.32 Å². The summed E-state index contributed by atoms with van der Waals surface area (Å²) in [5.41, 5.74) is -1.13. The van der Waals surface area contributed by atoms with Crippen molar-refractivity contribution in [3.8, 4) is 6.07 Å². The van der Waals surface area contributed by atoms with Gasteiger partial charge in [-0.1, -0.05) is 11.6 Å². The summed E-state index contributed by atoms with van der Waals surface area (Å²) in [4.78, 5) is 11.9. The number of nitriles is 1. The van der Waals surface area contributed by atoms with Crippen molar-refractivity contribution < 1.29 is 9.53 Å². The van der Waals surface area contributed by atoms with Crippen LogP contribution in [0.5, 0.6) is 0 Å². The number of hydrogen-bond acceptors (Lipinski definition) is 6. The monoisotopic (exact) mass is 301 g/mol. The molecule has 0 saturated heterocycles. The highest BCUT2D eigenvalue weighted by molar-refractivity contribution is 7.10. The molecule has 0 aliphatic rings. The zero-order valence-electron chi connectivity index (χ0n) is 11.5. The molecule has 5 nitrogen and oxygen atoms in total. The molecule has 0 fully saturated rings. The van der Waals surface area contributed by atoms with Gasteiger partial charge >= 0.3 is 5.97 Å². The van der Waals surface area contributed by atoms with Crippen molar-refractivity contribution >= 4 is 34.1 Å². The van der Waals surface area contributed by atoms with Crippen molar-refractivity contribution in [2.45, 2.75) is 33.2 Å². The Morgan fingerprint density at radius 2 is 2.05 bits per heavy atom. The maximum Gasteiger partial charge on any atom is 0.313 e. The number of hydrogen-bond donors (Lipinski definition) is 1. The van der Waals surface area contributed by atoms with Crippen LogP contribution in [0.2, 0.25) is 5.15 Å². The van der Waals surface area contributed by atoms with Crippen LogP contribution in [0.15, 0.2) is 0 Å². The van der Waals surface area contributed by atoms with Crippen LogP contribution in [0.1, 0.15) is 33.3 Å². The van der Waals surface area contributed by atoms with Gasteiger partial charge in [0.15, 0.2) is 5.15 Å². The van der Waals surface area contributed by atoms with E-state index < -0.39 is 11.0 Å². The molecule has 1 heterocycles. The van der Waals surface area contributed by atoms with E-state index in [-0.39, 0.29) is 11.1 Å². The number of esters is 1. The predicted octanol–water partition coefficient (Wildman–Crippen LogP) is 3.06. The molecule has 19 heavy (non-hydrogen) atoms. The third-order valence-electron chi connectivity index (χ3n) is 3.45. The number of carbonyl (C=O) groups excluding carboxylic acids is 1. The topological polar surface area (TPSA) is 75.0 Å². The maximum absolute atomic E-state index is 11.9. The summed E-state index contributed by atoms with van der Waals surface area (Å²) in [5, 5.41) is 12.9. The Balaban J connectivity index is 3.09. The van der Waals surface area contributed by atoms with Gasteiger partial charge in [-0.05, 0) is 39.2 Å². The normalized spacial score (nSPS) is 11.8. The van der Waals surface area contributed by atoms with Gasteiger partial charge in [-0.3, -0.25) is 4.79 Å². The average Bonchev–Trinajstić information content (AvgIpc) is 2.67. The standard InChI is InChI=1S/C12H16ClN3O2S/c1-11(2,10(17)18-5)12(3,4)15-9-7(6-14)8(13)16-19-9/h15H,1-5H3. The zero-order valence-corrected chi connectivity index (χ0v) is 13.1. The van der Waals surface area contributed by atoms with Crippen LogP contribution in [0, 0.1) is 16.7 Å². The van der Waals surface area contributed by atoms with Gasteiger partial charge < -0.3 is 10.1 Å². The van der Waals surface area contributed by atoms with E-state index in [0.29, 0.717) is 10.6 Å². The molecule has 1 aromatic heterocycles. The first-order valence-electron chi connectivity index (χ1n) is 5.59. The second-order valence-electron chi connectivity index (χ2n) is 5.16. The van der Waals surface area contributed by atoms with Crippen molar-refractivity contribution in [2.24, 2.45) is 5.41 Å². The number of rotatable bonds is 4. The number of nitrogens with one attached hydrogen (secondary N) is 1. The summed E-state index contributed by atoms with van der Waals surface area (Å²) in [5.74, 6) is -0.334. The molecule has 0 radical (unpaired) electrons. The van der Waals surface area contributed by atoms with Crippen LogP contribution >= 0.6 is 23.1 Å². The summed E-state index contributed by atoms with van der Waals surface area (Å²) in [6, 6.07) is 2.00. The Morgan fingerprint density at radius 1 is 1.47 bits per heavy atom. The maximum atomic E-state index is 11.9. The fourth-order valence-electron chi connectivity index (χ4n) is 1.40. The first-order valence-corrected chi connectivity index (χ1v) is 6.74. The number of aromatic nitrogens is 1. The van der Waals surface area contributed by atoms with Gasteiger partial charge in [-0.25, -0.2) is 0 Å². The second kappa shape index (κ2) is 5.35. The fourth-order valence-corrected chi connectivity index (χ4v) is 2.50. The van der Waals surface area contributed by atoms with Crippen LogP contribution in [-0.4, -0.2) is 23.0 Å². The molecule has 0 bridgehead atoms. The quantitative estimate of drug-likeness (QED) is 0.865. The van der Waals surface area contributed by atoms with Crippen LogP contribution in [0.3, 0.4) is 0 Å². The fraction of sp³-hybridized carbons (Fsp3) is 0.583. The molecular formula is C12H16ClN3O2S. The number of carbonyl (C=O) groups is 1. The number of methoxy groups -OCH3 is 1. The average molecular weight is 302 g/mol. The Labute approximate surface area is 121 Å². The highest BCUT2D eigenvalue weighted by atomic mass is 35.5. The van der Waals surface area contributed by atoms with Crippen molar-refractivity contribution in [1.82, 2.24) is 4.37 Å². The number of nitrogens with zero attached hydrogens (tertiary/aromatic N) is 2. The minimum Gasteiger partial charge on any atom is -0.469 e. The molecule has 1 N–H and O–H groups in total. The first-order chi connectivity index (χ1) is 8.67. The number of anilines is 1. The largest absolute Gasteiger partial charge is 0.469 e. The molecule has 0 aromatic carbocycles. The molecule has 0 saturated carbocycles. The molecule has 7 heteroatoms. The van der Waals surface area contributed by atoms with E-state index in [9.17, 15) is 4.79 Å². The Bertz CT molecular complexity index is 532. The third-order valence-corrected chi connectivity index (χ3v) is 4.58. The summed E-state index contributed by atoms with van der Waals surface area (Å²) >= 11 is 6.92. The lowest BCUT2D eigenvalue weighted by Crippen LogP contribution is -2.51. The second-order valence-corrected chi connectivity index (χ2v) is 6.29. The SMILES string of the molecule is COC(=O)C(C)(C)C(C)(C)Nc1snc(Cl)c1C#N. The Kier molecular flexibility index (Phi) is 4.43. The summed E-state index contributed by atoms with van der Waals surface area (Å²) in [6.45, 7) is 7.28. The molecule has 104 valence electrons. The van der Waals surface area contributed by atoms with E-state index in [2.05, 4.69) is 9.69 Å². The van der Waals surface area contributed by atoms with Crippen molar-refractivity contribution in [2.75, 3.05) is 12.4 Å². The predicted molar refractivity (Wildman–Crippen MR) is 75.3 cm³/mol. The lowest BCUT2D eigenvalue weighted by molar-refractivity contribution is -0.153. The molecular weight excluding hydrogens is 286 g/mol. The summed E-state index contributed by atoms with van der Waals surface area (Å²) in [6.07, 6.45) is 0. The number of ether oxygens (including phenoxy) is 1. The van der Waals surface area contributed by atoms with E-state index >= 15 is 0 Å². The molecule has 1 aromatic rings. The van der Waals surface area contributed by atoms with Gasteiger partial charge in [0.05, 0.1) is 12.5 Å². The van der Waals surface area contributed by atoms with Crippen molar-refractivity contribution in [3.63, 3.8) is 0 Å². The van der Waals surface area contributed by atoms with E-state index in [1.807, 2.05) is 19.9 Å². The molecule has 0 amide bonds. The zero-order chi connectivity index (χ0) is 14.8. The van der Waals surface area contributed by atoms with E-state index in [1.54, 1.807) is 13.8 Å². The Hall–Kier alpha value is -1.32. The molecule has 0 atom stereocenters. The van der Waals surface area contributed by atoms with Gasteiger partial charge in [-0.2, -0.15) is 9.64 Å². The van der Waals surface area contributed by atoms with Crippen LogP contribution in [0.4, 0.5) is 5.00 Å². The van der Waals surface area contributed by atoms with Crippen molar-refractivity contribution in [1.29, 1.82) is 5.26 Å².